The number of nitrogens with zero attached hydrogens (tertiary/aromatic N) is 1. The van der Waals surface area contributed by atoms with E-state index in [9.17, 15) is 9.59 Å². The molecule has 100 valence electrons. The molecule has 6 heteroatoms. The molecule has 0 saturated carbocycles. The number of primary amides is 1. The lowest BCUT2D eigenvalue weighted by Gasteiger charge is -2.18. The Kier molecular flexibility index (Phi) is 5.37. The number of benzene rings is 1. The molecule has 0 saturated heterocycles. The van der Waals surface area contributed by atoms with Gasteiger partial charge in [-0.2, -0.15) is 0 Å². The Hall–Kier alpha value is -2.03. The fourth-order valence-electron chi connectivity index (χ4n) is 1.56. The molecule has 0 unspecified atom stereocenters. The van der Waals surface area contributed by atoms with Crippen LogP contribution in [0.25, 0.3) is 0 Å². The van der Waals surface area contributed by atoms with Crippen molar-refractivity contribution in [1.82, 2.24) is 4.90 Å². The highest BCUT2D eigenvalue weighted by Gasteiger charge is 2.12. The number of halogens is 1. The number of nitrogens with two attached hydrogens (primary N) is 1. The number of carbonyl (C=O) groups is 2. The quantitative estimate of drug-likeness (QED) is 0.760. The predicted molar refractivity (Wildman–Crippen MR) is 71.7 cm³/mol. The Morgan fingerprint density at radius 3 is 2.63 bits per heavy atom. The second kappa shape index (κ2) is 6.78. The molecule has 0 atom stereocenters. The lowest BCUT2D eigenvalue weighted by molar-refractivity contribution is -0.138. The second-order valence-electron chi connectivity index (χ2n) is 3.91. The van der Waals surface area contributed by atoms with Crippen LogP contribution in [-0.4, -0.2) is 35.0 Å². The maximum Gasteiger partial charge on any atom is 0.317 e. The van der Waals surface area contributed by atoms with Gasteiger partial charge in [0.25, 0.3) is 0 Å². The highest BCUT2D eigenvalue weighted by atomic mass is 35.5. The molecule has 1 aromatic carbocycles. The number of hydrogen-bond donors (Lipinski definition) is 2. The molecule has 3 N–H and O–H groups in total. The third-order valence-electron chi connectivity index (χ3n) is 2.41. The van der Waals surface area contributed by atoms with E-state index in [1.54, 1.807) is 17.0 Å². The van der Waals surface area contributed by atoms with Crippen LogP contribution >= 0.6 is 11.6 Å². The van der Waals surface area contributed by atoms with Gasteiger partial charge >= 0.3 is 5.97 Å². The molecule has 1 aromatic rings. The molecule has 0 fully saturated rings. The summed E-state index contributed by atoms with van der Waals surface area (Å²) in [4.78, 5) is 23.2. The average Bonchev–Trinajstić information content (AvgIpc) is 2.31. The Bertz CT molecular complexity index is 537. The van der Waals surface area contributed by atoms with Crippen molar-refractivity contribution >= 4 is 23.5 Å². The van der Waals surface area contributed by atoms with Crippen LogP contribution in [-0.2, 0) is 11.3 Å². The molecular formula is C13H13ClN2O3. The normalized spacial score (nSPS) is 10.2. The molecular weight excluding hydrogens is 268 g/mol. The first kappa shape index (κ1) is 15.0. The summed E-state index contributed by atoms with van der Waals surface area (Å²) in [5.41, 5.74) is 6.12. The van der Waals surface area contributed by atoms with E-state index in [1.807, 2.05) is 0 Å². The van der Waals surface area contributed by atoms with E-state index in [1.165, 1.54) is 6.07 Å². The minimum absolute atomic E-state index is 0.182. The maximum absolute atomic E-state index is 11.0. The lowest BCUT2D eigenvalue weighted by Crippen LogP contribution is -2.29. The van der Waals surface area contributed by atoms with Gasteiger partial charge in [-0.3, -0.25) is 14.5 Å². The van der Waals surface area contributed by atoms with Crippen molar-refractivity contribution in [2.24, 2.45) is 5.73 Å². The number of aliphatic carboxylic acids is 1. The van der Waals surface area contributed by atoms with E-state index in [4.69, 9.17) is 28.9 Å². The number of carbonyl (C=O) groups excluding carboxylic acids is 1. The van der Waals surface area contributed by atoms with Crippen molar-refractivity contribution in [3.63, 3.8) is 0 Å². The maximum atomic E-state index is 11.0. The van der Waals surface area contributed by atoms with E-state index in [-0.39, 0.29) is 19.6 Å². The highest BCUT2D eigenvalue weighted by Crippen LogP contribution is 2.19. The molecule has 0 aliphatic heterocycles. The van der Waals surface area contributed by atoms with Gasteiger partial charge in [0.1, 0.15) is 0 Å². The Morgan fingerprint density at radius 2 is 2.16 bits per heavy atom. The summed E-state index contributed by atoms with van der Waals surface area (Å²) >= 11 is 6.02. The van der Waals surface area contributed by atoms with E-state index >= 15 is 0 Å². The summed E-state index contributed by atoms with van der Waals surface area (Å²) in [6.07, 6.45) is 5.18. The number of rotatable bonds is 6. The van der Waals surface area contributed by atoms with Crippen molar-refractivity contribution in [3.05, 3.63) is 34.3 Å². The third-order valence-corrected chi connectivity index (χ3v) is 2.76. The van der Waals surface area contributed by atoms with Gasteiger partial charge in [-0.1, -0.05) is 23.6 Å². The standard InChI is InChI=1S/C13H13ClN2O3/c1-2-5-16(8-12(17)18)7-10-4-3-9(13(15)19)6-11(10)14/h1,3-4,6H,5,7-8H2,(H2,15,19)(H,17,18). The van der Waals surface area contributed by atoms with Gasteiger partial charge in [-0.25, -0.2) is 0 Å². The average molecular weight is 281 g/mol. The van der Waals surface area contributed by atoms with E-state index in [2.05, 4.69) is 5.92 Å². The number of carboxylic acids is 1. The first-order valence-corrected chi connectivity index (χ1v) is 5.77. The zero-order valence-electron chi connectivity index (χ0n) is 10.1. The molecule has 0 aromatic heterocycles. The van der Waals surface area contributed by atoms with Crippen molar-refractivity contribution < 1.29 is 14.7 Å². The van der Waals surface area contributed by atoms with Gasteiger partial charge in [0.2, 0.25) is 5.91 Å². The zero-order chi connectivity index (χ0) is 14.4. The second-order valence-corrected chi connectivity index (χ2v) is 4.32. The molecule has 0 spiro atoms. The van der Waals surface area contributed by atoms with Gasteiger partial charge in [0.15, 0.2) is 0 Å². The zero-order valence-corrected chi connectivity index (χ0v) is 10.9. The summed E-state index contributed by atoms with van der Waals surface area (Å²) in [6, 6.07) is 4.63. The number of carboxylic acid groups (broad SMARTS) is 1. The summed E-state index contributed by atoms with van der Waals surface area (Å²) in [5.74, 6) is 0.846. The van der Waals surface area contributed by atoms with Crippen LogP contribution in [0.1, 0.15) is 15.9 Å². The molecule has 0 aliphatic carbocycles. The first-order valence-electron chi connectivity index (χ1n) is 5.40. The molecule has 0 bridgehead atoms. The van der Waals surface area contributed by atoms with Gasteiger partial charge < -0.3 is 10.8 Å². The summed E-state index contributed by atoms with van der Waals surface area (Å²) in [7, 11) is 0. The van der Waals surface area contributed by atoms with Gasteiger partial charge in [0.05, 0.1) is 13.1 Å². The fraction of sp³-hybridized carbons (Fsp3) is 0.231. The number of terminal acetylenes is 1. The molecule has 19 heavy (non-hydrogen) atoms. The van der Waals surface area contributed by atoms with Gasteiger partial charge in [-0.05, 0) is 17.7 Å². The molecule has 5 nitrogen and oxygen atoms in total. The number of hydrogen-bond acceptors (Lipinski definition) is 3. The summed E-state index contributed by atoms with van der Waals surface area (Å²) < 4.78 is 0. The third kappa shape index (κ3) is 4.62. The Balaban J connectivity index is 2.88. The van der Waals surface area contributed by atoms with Crippen LogP contribution in [0.5, 0.6) is 0 Å². The Morgan fingerprint density at radius 1 is 1.47 bits per heavy atom. The molecule has 0 heterocycles. The van der Waals surface area contributed by atoms with Crippen molar-refractivity contribution in [2.75, 3.05) is 13.1 Å². The Labute approximate surface area is 116 Å². The fourth-order valence-corrected chi connectivity index (χ4v) is 1.80. The monoisotopic (exact) mass is 280 g/mol. The van der Waals surface area contributed by atoms with Crippen LogP contribution in [0.2, 0.25) is 5.02 Å². The van der Waals surface area contributed by atoms with Crippen LogP contribution in [0, 0.1) is 12.3 Å². The van der Waals surface area contributed by atoms with Crippen molar-refractivity contribution in [2.45, 2.75) is 6.54 Å². The van der Waals surface area contributed by atoms with E-state index in [0.29, 0.717) is 16.1 Å². The first-order chi connectivity index (χ1) is 8.93. The van der Waals surface area contributed by atoms with Crippen LogP contribution in [0.3, 0.4) is 0 Å². The molecule has 0 aliphatic rings. The van der Waals surface area contributed by atoms with Gasteiger partial charge in [-0.15, -0.1) is 6.42 Å². The van der Waals surface area contributed by atoms with E-state index in [0.717, 1.165) is 0 Å². The SMILES string of the molecule is C#CCN(CC(=O)O)Cc1ccc(C(N)=O)cc1Cl. The largest absolute Gasteiger partial charge is 0.480 e. The highest BCUT2D eigenvalue weighted by molar-refractivity contribution is 6.31. The molecule has 1 rings (SSSR count). The smallest absolute Gasteiger partial charge is 0.317 e. The van der Waals surface area contributed by atoms with Crippen molar-refractivity contribution in [3.8, 4) is 12.3 Å². The summed E-state index contributed by atoms with van der Waals surface area (Å²) in [5, 5.41) is 9.12. The molecule has 1 amide bonds. The van der Waals surface area contributed by atoms with Crippen LogP contribution in [0.15, 0.2) is 18.2 Å². The molecule has 0 radical (unpaired) electrons. The van der Waals surface area contributed by atoms with Crippen molar-refractivity contribution in [1.29, 1.82) is 0 Å². The lowest BCUT2D eigenvalue weighted by atomic mass is 10.1. The van der Waals surface area contributed by atoms with Crippen LogP contribution < -0.4 is 5.73 Å². The minimum atomic E-state index is -0.972. The topological polar surface area (TPSA) is 83.6 Å². The number of amides is 1. The minimum Gasteiger partial charge on any atom is -0.480 e. The van der Waals surface area contributed by atoms with E-state index < -0.39 is 11.9 Å². The van der Waals surface area contributed by atoms with Crippen LogP contribution in [0.4, 0.5) is 0 Å². The summed E-state index contributed by atoms with van der Waals surface area (Å²) in [6.45, 7) is 0.298. The predicted octanol–water partition coefficient (Wildman–Crippen LogP) is 0.959. The van der Waals surface area contributed by atoms with Gasteiger partial charge in [0, 0.05) is 17.1 Å².